The Morgan fingerprint density at radius 3 is 2.86 bits per heavy atom. The highest BCUT2D eigenvalue weighted by Crippen LogP contribution is 2.25. The molecule has 0 amide bonds. The number of anilines is 1. The van der Waals surface area contributed by atoms with Crippen LogP contribution in [0.3, 0.4) is 0 Å². The zero-order valence-corrected chi connectivity index (χ0v) is 12.4. The largest absolute Gasteiger partial charge is 0.497 e. The van der Waals surface area contributed by atoms with Crippen molar-refractivity contribution in [1.82, 2.24) is 14.8 Å². The summed E-state index contributed by atoms with van der Waals surface area (Å²) >= 11 is 0. The van der Waals surface area contributed by atoms with Crippen LogP contribution in [-0.4, -0.2) is 21.9 Å². The highest BCUT2D eigenvalue weighted by molar-refractivity contribution is 5.92. The summed E-state index contributed by atoms with van der Waals surface area (Å²) in [5.74, 6) is 1.72. The summed E-state index contributed by atoms with van der Waals surface area (Å²) in [5, 5.41) is 9.93. The van der Waals surface area contributed by atoms with E-state index in [1.165, 1.54) is 5.56 Å². The summed E-state index contributed by atoms with van der Waals surface area (Å²) in [5.41, 5.74) is 2.21. The second-order valence-corrected chi connectivity index (χ2v) is 5.01. The van der Waals surface area contributed by atoms with Gasteiger partial charge >= 0.3 is 0 Å². The van der Waals surface area contributed by atoms with Crippen molar-refractivity contribution in [2.45, 2.75) is 13.5 Å². The maximum atomic E-state index is 5.26. The molecule has 0 saturated heterocycles. The van der Waals surface area contributed by atoms with Crippen molar-refractivity contribution < 1.29 is 4.74 Å². The quantitative estimate of drug-likeness (QED) is 0.799. The van der Waals surface area contributed by atoms with Gasteiger partial charge in [-0.25, -0.2) is 4.98 Å². The predicted molar refractivity (Wildman–Crippen MR) is 83.6 cm³/mol. The van der Waals surface area contributed by atoms with Gasteiger partial charge < -0.3 is 10.1 Å². The summed E-state index contributed by atoms with van der Waals surface area (Å²) in [6, 6.07) is 7.97. The van der Waals surface area contributed by atoms with E-state index >= 15 is 0 Å². The number of rotatable bonds is 4. The standard InChI is InChI=1S/C16H18N4O/c1-11-13(10-20(2)19-11)9-18-16-15-5-4-14(21-3)8-12(15)6-7-17-16/h4-8,10H,9H2,1-3H3,(H,17,18). The van der Waals surface area contributed by atoms with Crippen LogP contribution in [-0.2, 0) is 13.6 Å². The number of aryl methyl sites for hydroxylation is 2. The minimum Gasteiger partial charge on any atom is -0.497 e. The Bertz CT molecular complexity index is 779. The molecule has 0 aliphatic carbocycles. The molecule has 108 valence electrons. The van der Waals surface area contributed by atoms with E-state index in [-0.39, 0.29) is 0 Å². The van der Waals surface area contributed by atoms with Crippen molar-refractivity contribution in [1.29, 1.82) is 0 Å². The molecule has 3 aromatic rings. The lowest BCUT2D eigenvalue weighted by Gasteiger charge is -2.09. The maximum absolute atomic E-state index is 5.26. The monoisotopic (exact) mass is 282 g/mol. The molecule has 0 aliphatic rings. The van der Waals surface area contributed by atoms with E-state index in [0.717, 1.165) is 28.0 Å². The van der Waals surface area contributed by atoms with Crippen LogP contribution in [0, 0.1) is 6.92 Å². The fourth-order valence-corrected chi connectivity index (χ4v) is 2.42. The first-order chi connectivity index (χ1) is 10.2. The number of hydrogen-bond donors (Lipinski definition) is 1. The van der Waals surface area contributed by atoms with Crippen LogP contribution in [0.15, 0.2) is 36.7 Å². The molecule has 0 aliphatic heterocycles. The summed E-state index contributed by atoms with van der Waals surface area (Å²) in [7, 11) is 3.60. The molecule has 0 unspecified atom stereocenters. The molecule has 5 nitrogen and oxygen atoms in total. The van der Waals surface area contributed by atoms with Crippen LogP contribution in [0.2, 0.25) is 0 Å². The van der Waals surface area contributed by atoms with Gasteiger partial charge in [-0.15, -0.1) is 0 Å². The third-order valence-electron chi connectivity index (χ3n) is 3.53. The minimum absolute atomic E-state index is 0.706. The van der Waals surface area contributed by atoms with Crippen LogP contribution in [0.25, 0.3) is 10.8 Å². The summed E-state index contributed by atoms with van der Waals surface area (Å²) in [6.45, 7) is 2.72. The van der Waals surface area contributed by atoms with Crippen molar-refractivity contribution in [3.05, 3.63) is 47.9 Å². The molecule has 0 radical (unpaired) electrons. The topological polar surface area (TPSA) is 52.0 Å². The summed E-state index contributed by atoms with van der Waals surface area (Å²) in [6.07, 6.45) is 3.83. The molecule has 3 rings (SSSR count). The highest BCUT2D eigenvalue weighted by atomic mass is 16.5. The Morgan fingerprint density at radius 1 is 1.29 bits per heavy atom. The van der Waals surface area contributed by atoms with E-state index in [1.807, 2.05) is 49.1 Å². The number of fused-ring (bicyclic) bond motifs is 1. The Hall–Kier alpha value is -2.56. The first kappa shape index (κ1) is 13.4. The second-order valence-electron chi connectivity index (χ2n) is 5.01. The Balaban J connectivity index is 1.88. The molecule has 2 heterocycles. The first-order valence-electron chi connectivity index (χ1n) is 6.83. The van der Waals surface area contributed by atoms with Gasteiger partial charge in [0.25, 0.3) is 0 Å². The number of ether oxygens (including phenoxy) is 1. The molecule has 0 fully saturated rings. The van der Waals surface area contributed by atoms with Crippen LogP contribution in [0.5, 0.6) is 5.75 Å². The molecule has 1 aromatic carbocycles. The number of benzene rings is 1. The number of nitrogens with one attached hydrogen (secondary N) is 1. The van der Waals surface area contributed by atoms with E-state index in [0.29, 0.717) is 6.54 Å². The van der Waals surface area contributed by atoms with Crippen molar-refractivity contribution in [2.24, 2.45) is 7.05 Å². The molecule has 0 saturated carbocycles. The average Bonchev–Trinajstić information content (AvgIpc) is 2.82. The Morgan fingerprint density at radius 2 is 2.14 bits per heavy atom. The molecule has 0 bridgehead atoms. The number of aromatic nitrogens is 3. The smallest absolute Gasteiger partial charge is 0.134 e. The lowest BCUT2D eigenvalue weighted by molar-refractivity contribution is 0.415. The molecule has 5 heteroatoms. The molecular formula is C16H18N4O. The van der Waals surface area contributed by atoms with Crippen molar-refractivity contribution in [3.63, 3.8) is 0 Å². The lowest BCUT2D eigenvalue weighted by Crippen LogP contribution is -2.02. The Kier molecular flexibility index (Phi) is 3.48. The zero-order valence-electron chi connectivity index (χ0n) is 12.4. The molecule has 1 N–H and O–H groups in total. The number of methoxy groups -OCH3 is 1. The van der Waals surface area contributed by atoms with Crippen LogP contribution in [0.4, 0.5) is 5.82 Å². The molecule has 2 aromatic heterocycles. The predicted octanol–water partition coefficient (Wildman–Crippen LogP) is 2.90. The zero-order chi connectivity index (χ0) is 14.8. The van der Waals surface area contributed by atoms with E-state index in [4.69, 9.17) is 4.74 Å². The first-order valence-corrected chi connectivity index (χ1v) is 6.83. The minimum atomic E-state index is 0.706. The molecule has 21 heavy (non-hydrogen) atoms. The second kappa shape index (κ2) is 5.44. The third-order valence-corrected chi connectivity index (χ3v) is 3.53. The normalized spacial score (nSPS) is 10.8. The Labute approximate surface area is 123 Å². The van der Waals surface area contributed by atoms with E-state index in [2.05, 4.69) is 15.4 Å². The fraction of sp³-hybridized carbons (Fsp3) is 0.250. The highest BCUT2D eigenvalue weighted by Gasteiger charge is 2.06. The van der Waals surface area contributed by atoms with Crippen LogP contribution in [0.1, 0.15) is 11.3 Å². The van der Waals surface area contributed by atoms with Gasteiger partial charge in [0.2, 0.25) is 0 Å². The van der Waals surface area contributed by atoms with Gasteiger partial charge in [-0.2, -0.15) is 5.10 Å². The average molecular weight is 282 g/mol. The number of nitrogens with zero attached hydrogens (tertiary/aromatic N) is 3. The number of pyridine rings is 1. The number of hydrogen-bond acceptors (Lipinski definition) is 4. The summed E-state index contributed by atoms with van der Waals surface area (Å²) in [4.78, 5) is 4.43. The van der Waals surface area contributed by atoms with Gasteiger partial charge in [-0.05, 0) is 36.6 Å². The van der Waals surface area contributed by atoms with E-state index < -0.39 is 0 Å². The van der Waals surface area contributed by atoms with E-state index in [1.54, 1.807) is 13.3 Å². The lowest BCUT2D eigenvalue weighted by atomic mass is 10.1. The van der Waals surface area contributed by atoms with Crippen molar-refractivity contribution in [3.8, 4) is 5.75 Å². The summed E-state index contributed by atoms with van der Waals surface area (Å²) < 4.78 is 7.09. The van der Waals surface area contributed by atoms with Gasteiger partial charge in [0.15, 0.2) is 0 Å². The van der Waals surface area contributed by atoms with Gasteiger partial charge in [0.05, 0.1) is 12.8 Å². The molecule has 0 spiro atoms. The van der Waals surface area contributed by atoms with Gasteiger partial charge in [0.1, 0.15) is 11.6 Å². The van der Waals surface area contributed by atoms with Crippen molar-refractivity contribution >= 4 is 16.6 Å². The van der Waals surface area contributed by atoms with Gasteiger partial charge in [0, 0.05) is 36.9 Å². The van der Waals surface area contributed by atoms with Crippen LogP contribution >= 0.6 is 0 Å². The maximum Gasteiger partial charge on any atom is 0.134 e. The van der Waals surface area contributed by atoms with Gasteiger partial charge in [-0.1, -0.05) is 0 Å². The van der Waals surface area contributed by atoms with E-state index in [9.17, 15) is 0 Å². The molecular weight excluding hydrogens is 264 g/mol. The fourth-order valence-electron chi connectivity index (χ4n) is 2.42. The van der Waals surface area contributed by atoms with Crippen molar-refractivity contribution in [2.75, 3.05) is 12.4 Å². The molecule has 0 atom stereocenters. The van der Waals surface area contributed by atoms with Gasteiger partial charge in [-0.3, -0.25) is 4.68 Å². The van der Waals surface area contributed by atoms with Crippen LogP contribution < -0.4 is 10.1 Å². The SMILES string of the molecule is COc1ccc2c(NCc3cn(C)nc3C)nccc2c1. The third kappa shape index (κ3) is 2.67.